The number of aromatic nitrogens is 3. The van der Waals surface area contributed by atoms with Crippen molar-refractivity contribution in [1.29, 1.82) is 0 Å². The van der Waals surface area contributed by atoms with Crippen LogP contribution in [0.1, 0.15) is 5.56 Å². The molecule has 0 N–H and O–H groups in total. The van der Waals surface area contributed by atoms with Gasteiger partial charge in [0, 0.05) is 24.0 Å². The first-order chi connectivity index (χ1) is 9.24. The summed E-state index contributed by atoms with van der Waals surface area (Å²) in [5, 5.41) is 1.72. The molecular weight excluding hydrogens is 278 g/mol. The van der Waals surface area contributed by atoms with Crippen molar-refractivity contribution in [2.24, 2.45) is 7.05 Å². The van der Waals surface area contributed by atoms with E-state index in [1.165, 1.54) is 5.56 Å². The number of imidazole rings is 1. The first kappa shape index (κ1) is 12.5. The highest BCUT2D eigenvalue weighted by Crippen LogP contribution is 2.27. The molecule has 0 atom stereocenters. The number of benzene rings is 1. The van der Waals surface area contributed by atoms with Gasteiger partial charge in [0.15, 0.2) is 0 Å². The van der Waals surface area contributed by atoms with E-state index in [0.717, 1.165) is 26.8 Å². The summed E-state index contributed by atoms with van der Waals surface area (Å²) in [7, 11) is 1.99. The van der Waals surface area contributed by atoms with Crippen LogP contribution in [-0.2, 0) is 12.8 Å². The monoisotopic (exact) mass is 289 g/mol. The molecule has 3 rings (SSSR count). The third kappa shape index (κ3) is 2.60. The molecule has 0 aliphatic heterocycles. The largest absolute Gasteiger partial charge is 0.334 e. The van der Waals surface area contributed by atoms with Gasteiger partial charge in [-0.05, 0) is 23.8 Å². The topological polar surface area (TPSA) is 30.7 Å². The minimum absolute atomic E-state index is 0.766. The van der Waals surface area contributed by atoms with E-state index < -0.39 is 0 Å². The van der Waals surface area contributed by atoms with Crippen LogP contribution in [-0.4, -0.2) is 14.5 Å². The molecule has 19 heavy (non-hydrogen) atoms. The maximum absolute atomic E-state index is 5.98. The summed E-state index contributed by atoms with van der Waals surface area (Å²) in [6.45, 7) is 0. The molecule has 3 aromatic rings. The number of hydrogen-bond donors (Lipinski definition) is 0. The molecule has 0 bridgehead atoms. The Kier molecular flexibility index (Phi) is 3.44. The molecule has 1 aromatic carbocycles. The molecule has 0 spiro atoms. The van der Waals surface area contributed by atoms with Gasteiger partial charge in [-0.1, -0.05) is 35.5 Å². The van der Waals surface area contributed by atoms with E-state index in [9.17, 15) is 0 Å². The maximum atomic E-state index is 5.98. The van der Waals surface area contributed by atoms with E-state index >= 15 is 0 Å². The van der Waals surface area contributed by atoms with Crippen LogP contribution in [0.15, 0.2) is 47.9 Å². The highest BCUT2D eigenvalue weighted by molar-refractivity contribution is 7.98. The van der Waals surface area contributed by atoms with Crippen LogP contribution in [0.25, 0.3) is 11.0 Å². The zero-order valence-electron chi connectivity index (χ0n) is 10.4. The zero-order chi connectivity index (χ0) is 13.2. The van der Waals surface area contributed by atoms with Gasteiger partial charge in [0.2, 0.25) is 0 Å². The van der Waals surface area contributed by atoms with Crippen LogP contribution in [0.5, 0.6) is 0 Å². The number of fused-ring (bicyclic) bond motifs is 1. The molecule has 0 aliphatic rings. The van der Waals surface area contributed by atoms with Gasteiger partial charge in [-0.2, -0.15) is 0 Å². The lowest BCUT2D eigenvalue weighted by Gasteiger charge is -2.03. The number of thioether (sulfide) groups is 1. The lowest BCUT2D eigenvalue weighted by atomic mass is 10.2. The Balaban J connectivity index is 1.86. The molecular formula is C14H12ClN3S. The van der Waals surface area contributed by atoms with E-state index in [1.54, 1.807) is 11.8 Å². The maximum Gasteiger partial charge on any atom is 0.124 e. The van der Waals surface area contributed by atoms with Crippen molar-refractivity contribution in [3.8, 4) is 0 Å². The fourth-order valence-corrected chi connectivity index (χ4v) is 3.05. The number of pyridine rings is 1. The van der Waals surface area contributed by atoms with Crippen molar-refractivity contribution >= 4 is 34.4 Å². The molecule has 2 heterocycles. The molecule has 5 heteroatoms. The smallest absolute Gasteiger partial charge is 0.124 e. The Hall–Kier alpha value is -1.52. The van der Waals surface area contributed by atoms with Crippen LogP contribution < -0.4 is 0 Å². The first-order valence-corrected chi connectivity index (χ1v) is 7.23. The standard InChI is InChI=1S/C14H12ClN3S/c1-18-9-17-13-12(18)5-6-16-14(13)19-8-10-3-2-4-11(15)7-10/h2-7,9H,8H2,1H3. The molecule has 0 saturated carbocycles. The third-order valence-electron chi connectivity index (χ3n) is 2.87. The van der Waals surface area contributed by atoms with Crippen molar-refractivity contribution in [2.75, 3.05) is 0 Å². The predicted octanol–water partition coefficient (Wildman–Crippen LogP) is 3.91. The van der Waals surface area contributed by atoms with Crippen LogP contribution in [0.4, 0.5) is 0 Å². The highest BCUT2D eigenvalue weighted by Gasteiger charge is 2.07. The Bertz CT molecular complexity index is 724. The van der Waals surface area contributed by atoms with E-state index in [4.69, 9.17) is 11.6 Å². The van der Waals surface area contributed by atoms with Gasteiger partial charge in [0.05, 0.1) is 11.8 Å². The summed E-state index contributed by atoms with van der Waals surface area (Å²) in [6, 6.07) is 9.87. The number of nitrogens with zero attached hydrogens (tertiary/aromatic N) is 3. The molecule has 2 aromatic heterocycles. The summed E-state index contributed by atoms with van der Waals surface area (Å²) >= 11 is 7.66. The van der Waals surface area contributed by atoms with Gasteiger partial charge in [-0.3, -0.25) is 0 Å². The average molecular weight is 290 g/mol. The second kappa shape index (κ2) is 5.23. The third-order valence-corrected chi connectivity index (χ3v) is 4.16. The molecule has 3 nitrogen and oxygen atoms in total. The van der Waals surface area contributed by atoms with Crippen LogP contribution >= 0.6 is 23.4 Å². The minimum atomic E-state index is 0.766. The van der Waals surface area contributed by atoms with Crippen LogP contribution in [0.2, 0.25) is 5.02 Å². The number of halogens is 1. The van der Waals surface area contributed by atoms with Gasteiger partial charge in [0.1, 0.15) is 10.5 Å². The molecule has 0 unspecified atom stereocenters. The normalized spacial score (nSPS) is 11.1. The van der Waals surface area contributed by atoms with Gasteiger partial charge >= 0.3 is 0 Å². The molecule has 0 saturated heterocycles. The van der Waals surface area contributed by atoms with Crippen molar-refractivity contribution in [2.45, 2.75) is 10.8 Å². The summed E-state index contributed by atoms with van der Waals surface area (Å²) in [5.41, 5.74) is 3.24. The fourth-order valence-electron chi connectivity index (χ4n) is 1.92. The molecule has 0 fully saturated rings. The quantitative estimate of drug-likeness (QED) is 0.685. The summed E-state index contributed by atoms with van der Waals surface area (Å²) < 4.78 is 2.00. The SMILES string of the molecule is Cn1cnc2c(SCc3cccc(Cl)c3)nccc21. The lowest BCUT2D eigenvalue weighted by molar-refractivity contribution is 0.947. The minimum Gasteiger partial charge on any atom is -0.334 e. The first-order valence-electron chi connectivity index (χ1n) is 5.87. The molecule has 0 aliphatic carbocycles. The van der Waals surface area contributed by atoms with Gasteiger partial charge < -0.3 is 4.57 Å². The van der Waals surface area contributed by atoms with Crippen molar-refractivity contribution in [3.05, 3.63) is 53.4 Å². The average Bonchev–Trinajstić information content (AvgIpc) is 2.79. The lowest BCUT2D eigenvalue weighted by Crippen LogP contribution is -1.87. The Morgan fingerprint density at radius 3 is 3.00 bits per heavy atom. The van der Waals surface area contributed by atoms with Gasteiger partial charge in [-0.25, -0.2) is 9.97 Å². The summed E-state index contributed by atoms with van der Waals surface area (Å²) in [4.78, 5) is 8.81. The molecule has 0 radical (unpaired) electrons. The van der Waals surface area contributed by atoms with E-state index in [1.807, 2.05) is 48.4 Å². The Labute approximate surface area is 120 Å². The Morgan fingerprint density at radius 2 is 2.16 bits per heavy atom. The Morgan fingerprint density at radius 1 is 1.26 bits per heavy atom. The predicted molar refractivity (Wildman–Crippen MR) is 79.5 cm³/mol. The van der Waals surface area contributed by atoms with E-state index in [0.29, 0.717) is 0 Å². The van der Waals surface area contributed by atoms with Crippen molar-refractivity contribution < 1.29 is 0 Å². The zero-order valence-corrected chi connectivity index (χ0v) is 11.9. The van der Waals surface area contributed by atoms with E-state index in [-0.39, 0.29) is 0 Å². The fraction of sp³-hybridized carbons (Fsp3) is 0.143. The number of rotatable bonds is 3. The summed E-state index contributed by atoms with van der Waals surface area (Å²) in [5.74, 6) is 0.837. The number of hydrogen-bond acceptors (Lipinski definition) is 3. The van der Waals surface area contributed by atoms with E-state index in [2.05, 4.69) is 16.0 Å². The summed E-state index contributed by atoms with van der Waals surface area (Å²) in [6.07, 6.45) is 3.64. The van der Waals surface area contributed by atoms with Crippen LogP contribution in [0, 0.1) is 0 Å². The molecule has 96 valence electrons. The molecule has 0 amide bonds. The van der Waals surface area contributed by atoms with Crippen molar-refractivity contribution in [1.82, 2.24) is 14.5 Å². The number of aryl methyl sites for hydroxylation is 1. The van der Waals surface area contributed by atoms with Gasteiger partial charge in [-0.15, -0.1) is 0 Å². The second-order valence-corrected chi connectivity index (χ2v) is 5.66. The van der Waals surface area contributed by atoms with Crippen LogP contribution in [0.3, 0.4) is 0 Å². The second-order valence-electron chi connectivity index (χ2n) is 4.26. The highest BCUT2D eigenvalue weighted by atomic mass is 35.5. The van der Waals surface area contributed by atoms with Gasteiger partial charge in [0.25, 0.3) is 0 Å². The van der Waals surface area contributed by atoms with Crippen molar-refractivity contribution in [3.63, 3.8) is 0 Å².